The van der Waals surface area contributed by atoms with Gasteiger partial charge in [0.25, 0.3) is 11.6 Å². The van der Waals surface area contributed by atoms with Crippen LogP contribution in [0.25, 0.3) is 11.4 Å². The first kappa shape index (κ1) is 19.8. The molecule has 0 aliphatic heterocycles. The van der Waals surface area contributed by atoms with Crippen LogP contribution in [-0.4, -0.2) is 26.0 Å². The Labute approximate surface area is 177 Å². The van der Waals surface area contributed by atoms with Crippen molar-refractivity contribution in [3.05, 3.63) is 94.3 Å². The van der Waals surface area contributed by atoms with Gasteiger partial charge in [-0.2, -0.15) is 5.10 Å². The van der Waals surface area contributed by atoms with E-state index in [1.165, 1.54) is 12.1 Å². The molecule has 0 aliphatic carbocycles. The number of nitrogens with zero attached hydrogens (tertiary/aromatic N) is 3. The molecule has 0 unspecified atom stereocenters. The normalized spacial score (nSPS) is 10.5. The van der Waals surface area contributed by atoms with Crippen molar-refractivity contribution in [2.45, 2.75) is 6.92 Å². The molecule has 9 nitrogen and oxygen atoms in total. The summed E-state index contributed by atoms with van der Waals surface area (Å²) in [5.41, 5.74) is 2.36. The third-order valence-corrected chi connectivity index (χ3v) is 4.51. The maximum absolute atomic E-state index is 12.6. The predicted octanol–water partition coefficient (Wildman–Crippen LogP) is 4.68. The summed E-state index contributed by atoms with van der Waals surface area (Å²) in [4.78, 5) is 27.9. The van der Waals surface area contributed by atoms with Crippen LogP contribution in [0.1, 0.15) is 16.2 Å². The van der Waals surface area contributed by atoms with E-state index in [9.17, 15) is 14.9 Å². The molecule has 4 rings (SSSR count). The molecule has 0 atom stereocenters. The minimum absolute atomic E-state index is 0.180. The zero-order valence-electron chi connectivity index (χ0n) is 16.5. The van der Waals surface area contributed by atoms with Crippen LogP contribution in [0.3, 0.4) is 0 Å². The lowest BCUT2D eigenvalue weighted by molar-refractivity contribution is -0.383. The molecule has 0 aliphatic rings. The second kappa shape index (κ2) is 8.46. The number of aromatic nitrogens is 3. The summed E-state index contributed by atoms with van der Waals surface area (Å²) in [6.07, 6.45) is 0. The molecule has 0 radical (unpaired) electrons. The molecule has 1 aromatic heterocycles. The molecule has 0 bridgehead atoms. The first-order valence-electron chi connectivity index (χ1n) is 9.41. The van der Waals surface area contributed by atoms with E-state index >= 15 is 0 Å². The number of hydrogen-bond acceptors (Lipinski definition) is 6. The molecular weight excluding hydrogens is 396 g/mol. The summed E-state index contributed by atoms with van der Waals surface area (Å²) in [5, 5.41) is 24.2. The monoisotopic (exact) mass is 414 g/mol. The zero-order valence-corrected chi connectivity index (χ0v) is 16.5. The number of carbonyl (C=O) groups is 1. The van der Waals surface area contributed by atoms with E-state index in [4.69, 9.17) is 0 Å². The van der Waals surface area contributed by atoms with Crippen molar-refractivity contribution in [3.8, 4) is 11.4 Å². The van der Waals surface area contributed by atoms with E-state index in [0.717, 1.165) is 5.56 Å². The fourth-order valence-electron chi connectivity index (χ4n) is 2.98. The van der Waals surface area contributed by atoms with Gasteiger partial charge in [-0.05, 0) is 55.5 Å². The predicted molar refractivity (Wildman–Crippen MR) is 117 cm³/mol. The van der Waals surface area contributed by atoms with Gasteiger partial charge in [-0.3, -0.25) is 20.0 Å². The van der Waals surface area contributed by atoms with Gasteiger partial charge in [0.1, 0.15) is 11.5 Å². The Hall–Kier alpha value is -4.53. The van der Waals surface area contributed by atoms with Crippen LogP contribution >= 0.6 is 0 Å². The summed E-state index contributed by atoms with van der Waals surface area (Å²) < 4.78 is 0. The molecule has 3 aromatic carbocycles. The number of rotatable bonds is 6. The summed E-state index contributed by atoms with van der Waals surface area (Å²) in [6.45, 7) is 1.81. The number of nitro benzene ring substituents is 1. The van der Waals surface area contributed by atoms with Crippen LogP contribution in [-0.2, 0) is 0 Å². The van der Waals surface area contributed by atoms with Crippen molar-refractivity contribution < 1.29 is 9.72 Å². The van der Waals surface area contributed by atoms with Gasteiger partial charge in [0, 0.05) is 28.6 Å². The smallest absolute Gasteiger partial charge is 0.293 e. The summed E-state index contributed by atoms with van der Waals surface area (Å²) in [5.74, 6) is 0.822. The Morgan fingerprint density at radius 2 is 1.74 bits per heavy atom. The first-order chi connectivity index (χ1) is 15.0. The SMILES string of the molecule is Cc1nc(-c2ccc(NC(=O)c3ccc(Nc4ccccc4)c([N+](=O)[O-])c3)cc2)n[nH]1. The van der Waals surface area contributed by atoms with Crippen molar-refractivity contribution >= 4 is 28.7 Å². The van der Waals surface area contributed by atoms with Crippen molar-refractivity contribution in [2.75, 3.05) is 10.6 Å². The number of nitro groups is 1. The molecule has 154 valence electrons. The molecular formula is C22H18N6O3. The molecule has 1 amide bonds. The van der Waals surface area contributed by atoms with E-state index in [0.29, 0.717) is 28.7 Å². The third-order valence-electron chi connectivity index (χ3n) is 4.51. The van der Waals surface area contributed by atoms with Crippen molar-refractivity contribution in [2.24, 2.45) is 0 Å². The number of carbonyl (C=O) groups excluding carboxylic acids is 1. The lowest BCUT2D eigenvalue weighted by atomic mass is 10.1. The van der Waals surface area contributed by atoms with E-state index in [1.54, 1.807) is 42.5 Å². The Balaban J connectivity index is 1.51. The number of amides is 1. The number of aromatic amines is 1. The maximum atomic E-state index is 12.6. The second-order valence-electron chi connectivity index (χ2n) is 6.76. The van der Waals surface area contributed by atoms with Gasteiger partial charge in [-0.25, -0.2) is 4.98 Å². The van der Waals surface area contributed by atoms with Gasteiger partial charge in [-0.15, -0.1) is 0 Å². The quantitative estimate of drug-likeness (QED) is 0.310. The van der Waals surface area contributed by atoms with Crippen LogP contribution in [0.5, 0.6) is 0 Å². The van der Waals surface area contributed by atoms with Crippen LogP contribution in [0, 0.1) is 17.0 Å². The molecule has 0 saturated heterocycles. The lowest BCUT2D eigenvalue weighted by Gasteiger charge is -2.09. The van der Waals surface area contributed by atoms with Gasteiger partial charge < -0.3 is 10.6 Å². The van der Waals surface area contributed by atoms with Crippen molar-refractivity contribution in [1.82, 2.24) is 15.2 Å². The molecule has 4 aromatic rings. The summed E-state index contributed by atoms with van der Waals surface area (Å²) >= 11 is 0. The molecule has 9 heteroatoms. The molecule has 0 spiro atoms. The van der Waals surface area contributed by atoms with E-state index < -0.39 is 10.8 Å². The average molecular weight is 414 g/mol. The zero-order chi connectivity index (χ0) is 21.8. The maximum Gasteiger partial charge on any atom is 0.293 e. The summed E-state index contributed by atoms with van der Waals surface area (Å²) in [6, 6.07) is 20.4. The number of anilines is 3. The van der Waals surface area contributed by atoms with Gasteiger partial charge in [0.05, 0.1) is 4.92 Å². The minimum Gasteiger partial charge on any atom is -0.350 e. The molecule has 0 saturated carbocycles. The van der Waals surface area contributed by atoms with Gasteiger partial charge in [0.15, 0.2) is 5.82 Å². The highest BCUT2D eigenvalue weighted by atomic mass is 16.6. The van der Waals surface area contributed by atoms with Crippen LogP contribution in [0.4, 0.5) is 22.7 Å². The average Bonchev–Trinajstić information content (AvgIpc) is 3.21. The van der Waals surface area contributed by atoms with E-state index in [1.807, 2.05) is 25.1 Å². The van der Waals surface area contributed by atoms with E-state index in [-0.39, 0.29) is 11.3 Å². The Kier molecular flexibility index (Phi) is 5.39. The fourth-order valence-corrected chi connectivity index (χ4v) is 2.98. The summed E-state index contributed by atoms with van der Waals surface area (Å²) in [7, 11) is 0. The van der Waals surface area contributed by atoms with Crippen LogP contribution < -0.4 is 10.6 Å². The van der Waals surface area contributed by atoms with E-state index in [2.05, 4.69) is 25.8 Å². The number of para-hydroxylation sites is 1. The van der Waals surface area contributed by atoms with Crippen LogP contribution in [0.2, 0.25) is 0 Å². The largest absolute Gasteiger partial charge is 0.350 e. The molecule has 31 heavy (non-hydrogen) atoms. The van der Waals surface area contributed by atoms with Gasteiger partial charge in [-0.1, -0.05) is 18.2 Å². The Bertz CT molecular complexity index is 1240. The highest BCUT2D eigenvalue weighted by Crippen LogP contribution is 2.29. The van der Waals surface area contributed by atoms with Crippen molar-refractivity contribution in [3.63, 3.8) is 0 Å². The lowest BCUT2D eigenvalue weighted by Crippen LogP contribution is -2.12. The minimum atomic E-state index is -0.518. The number of hydrogen-bond donors (Lipinski definition) is 3. The number of benzene rings is 3. The Morgan fingerprint density at radius 1 is 1.00 bits per heavy atom. The third kappa shape index (κ3) is 4.56. The molecule has 0 fully saturated rings. The molecule has 3 N–H and O–H groups in total. The molecule has 1 heterocycles. The second-order valence-corrected chi connectivity index (χ2v) is 6.76. The highest BCUT2D eigenvalue weighted by molar-refractivity contribution is 6.05. The first-order valence-corrected chi connectivity index (χ1v) is 9.41. The van der Waals surface area contributed by atoms with Gasteiger partial charge in [0.2, 0.25) is 0 Å². The Morgan fingerprint density at radius 3 is 2.39 bits per heavy atom. The van der Waals surface area contributed by atoms with Gasteiger partial charge >= 0.3 is 0 Å². The number of nitrogens with one attached hydrogen (secondary N) is 3. The van der Waals surface area contributed by atoms with Crippen LogP contribution in [0.15, 0.2) is 72.8 Å². The number of aryl methyl sites for hydroxylation is 1. The highest BCUT2D eigenvalue weighted by Gasteiger charge is 2.18. The fraction of sp³-hybridized carbons (Fsp3) is 0.0455. The topological polar surface area (TPSA) is 126 Å². The standard InChI is InChI=1S/C22H18N6O3/c1-14-23-21(27-26-14)15-7-10-18(11-8-15)25-22(29)16-9-12-19(20(13-16)28(30)31)24-17-5-3-2-4-6-17/h2-13,24H,1H3,(H,25,29)(H,23,26,27). The van der Waals surface area contributed by atoms with Crippen molar-refractivity contribution in [1.29, 1.82) is 0 Å². The number of H-pyrrole nitrogens is 1.